The smallest absolute Gasteiger partial charge is 0.231 e. The number of fused-ring (bicyclic) bond motifs is 4. The molecule has 2 aliphatic heterocycles. The van der Waals surface area contributed by atoms with E-state index in [2.05, 4.69) is 48.5 Å². The maximum atomic E-state index is 5.63. The first-order valence-corrected chi connectivity index (χ1v) is 8.53. The van der Waals surface area contributed by atoms with E-state index in [1.165, 1.54) is 16.8 Å². The van der Waals surface area contributed by atoms with Crippen LogP contribution in [0.5, 0.6) is 11.5 Å². The van der Waals surface area contributed by atoms with Crippen LogP contribution in [0.4, 0.5) is 0 Å². The lowest BCUT2D eigenvalue weighted by molar-refractivity contribution is 0.0977. The van der Waals surface area contributed by atoms with Gasteiger partial charge < -0.3 is 23.8 Å². The van der Waals surface area contributed by atoms with Gasteiger partial charge in [-0.25, -0.2) is 0 Å². The standard InChI is InChI=1S/C21H19NO4/c1-22-10-16-13(6-7-17(23-2)21(16)24-3)14-5-4-12-8-18-19(26-11-25-18)9-15(12)20(14)22/h4-10,12H,11H2,1-3H3. The number of ether oxygens (including phenoxy) is 4. The minimum absolute atomic E-state index is 0.187. The molecule has 26 heavy (non-hydrogen) atoms. The third-order valence-corrected chi connectivity index (χ3v) is 5.20. The molecular weight excluding hydrogens is 330 g/mol. The minimum Gasteiger partial charge on any atom is -0.493 e. The third-order valence-electron chi connectivity index (χ3n) is 5.20. The maximum Gasteiger partial charge on any atom is 0.231 e. The Morgan fingerprint density at radius 3 is 2.77 bits per heavy atom. The minimum atomic E-state index is 0.187. The molecule has 2 aliphatic carbocycles. The lowest BCUT2D eigenvalue weighted by Gasteiger charge is -2.32. The zero-order chi connectivity index (χ0) is 17.8. The van der Waals surface area contributed by atoms with Crippen LogP contribution in [-0.4, -0.2) is 33.0 Å². The Bertz CT molecular complexity index is 1060. The topological polar surface area (TPSA) is 40.2 Å². The summed E-state index contributed by atoms with van der Waals surface area (Å²) in [6, 6.07) is 4.05. The zero-order valence-corrected chi connectivity index (χ0v) is 14.9. The summed E-state index contributed by atoms with van der Waals surface area (Å²) in [4.78, 5) is 2.15. The highest BCUT2D eigenvalue weighted by atomic mass is 16.7. The molecule has 1 saturated heterocycles. The van der Waals surface area contributed by atoms with E-state index in [1.807, 2.05) is 6.07 Å². The molecule has 1 atom stereocenters. The number of hydrogen-bond acceptors (Lipinski definition) is 5. The van der Waals surface area contributed by atoms with Crippen molar-refractivity contribution in [3.63, 3.8) is 0 Å². The van der Waals surface area contributed by atoms with Gasteiger partial charge in [0.1, 0.15) is 0 Å². The van der Waals surface area contributed by atoms with Crippen LogP contribution in [0.15, 0.2) is 59.2 Å². The quantitative estimate of drug-likeness (QED) is 0.814. The molecule has 0 N–H and O–H groups in total. The molecule has 5 nitrogen and oxygen atoms in total. The van der Waals surface area contributed by atoms with E-state index >= 15 is 0 Å². The van der Waals surface area contributed by atoms with Crippen molar-refractivity contribution in [3.05, 3.63) is 69.7 Å². The summed E-state index contributed by atoms with van der Waals surface area (Å²) in [5, 5.41) is 2.16. The van der Waals surface area contributed by atoms with Crippen LogP contribution in [0, 0.1) is 5.92 Å². The molecule has 1 fully saturated rings. The summed E-state index contributed by atoms with van der Waals surface area (Å²) >= 11 is 0. The summed E-state index contributed by atoms with van der Waals surface area (Å²) in [5.41, 5.74) is 3.56. The van der Waals surface area contributed by atoms with Crippen LogP contribution >= 0.6 is 0 Å². The van der Waals surface area contributed by atoms with Crippen molar-refractivity contribution >= 4 is 11.8 Å². The largest absolute Gasteiger partial charge is 0.493 e. The average molecular weight is 349 g/mol. The number of allylic oxidation sites excluding steroid dienone is 5. The molecule has 1 unspecified atom stereocenters. The normalized spacial score (nSPS) is 22.0. The molecule has 0 radical (unpaired) electrons. The van der Waals surface area contributed by atoms with E-state index in [9.17, 15) is 0 Å². The number of methoxy groups -OCH3 is 2. The van der Waals surface area contributed by atoms with Gasteiger partial charge in [-0.3, -0.25) is 0 Å². The molecule has 0 aromatic heterocycles. The predicted molar refractivity (Wildman–Crippen MR) is 97.3 cm³/mol. The van der Waals surface area contributed by atoms with Crippen molar-refractivity contribution in [1.29, 1.82) is 0 Å². The van der Waals surface area contributed by atoms with Gasteiger partial charge in [0, 0.05) is 30.0 Å². The van der Waals surface area contributed by atoms with Gasteiger partial charge in [-0.1, -0.05) is 12.2 Å². The van der Waals surface area contributed by atoms with Crippen LogP contribution in [0.2, 0.25) is 0 Å². The Hall–Kier alpha value is -3.08. The highest BCUT2D eigenvalue weighted by Gasteiger charge is 2.31. The monoisotopic (exact) mass is 349 g/mol. The molecule has 2 heterocycles. The van der Waals surface area contributed by atoms with E-state index in [-0.39, 0.29) is 12.7 Å². The molecule has 4 aliphatic rings. The molecule has 1 aromatic carbocycles. The van der Waals surface area contributed by atoms with Crippen LogP contribution in [0.3, 0.4) is 0 Å². The van der Waals surface area contributed by atoms with Gasteiger partial charge in [0.2, 0.25) is 6.79 Å². The molecule has 0 saturated carbocycles. The Morgan fingerprint density at radius 2 is 1.96 bits per heavy atom. The highest BCUT2D eigenvalue weighted by Crippen LogP contribution is 2.40. The van der Waals surface area contributed by atoms with Crippen LogP contribution < -0.4 is 19.9 Å². The first-order chi connectivity index (χ1) is 12.7. The molecular formula is C21H19NO4. The van der Waals surface area contributed by atoms with Crippen molar-refractivity contribution in [2.24, 2.45) is 5.92 Å². The fraction of sp³-hybridized carbons (Fsp3) is 0.238. The van der Waals surface area contributed by atoms with Crippen LogP contribution in [-0.2, 0) is 9.47 Å². The van der Waals surface area contributed by atoms with Gasteiger partial charge in [-0.15, -0.1) is 0 Å². The third kappa shape index (κ3) is 1.97. The van der Waals surface area contributed by atoms with Gasteiger partial charge >= 0.3 is 0 Å². The molecule has 0 spiro atoms. The van der Waals surface area contributed by atoms with E-state index in [0.29, 0.717) is 0 Å². The van der Waals surface area contributed by atoms with Gasteiger partial charge in [-0.2, -0.15) is 0 Å². The van der Waals surface area contributed by atoms with Crippen molar-refractivity contribution < 1.29 is 18.9 Å². The predicted octanol–water partition coefficient (Wildman–Crippen LogP) is 1.76. The molecule has 132 valence electrons. The second kappa shape index (κ2) is 5.46. The number of nitrogens with zero attached hydrogens (tertiary/aromatic N) is 1. The molecule has 5 rings (SSSR count). The van der Waals surface area contributed by atoms with Gasteiger partial charge in [0.25, 0.3) is 0 Å². The molecule has 1 aromatic rings. The Morgan fingerprint density at radius 1 is 1.12 bits per heavy atom. The lowest BCUT2D eigenvalue weighted by atomic mass is 9.83. The summed E-state index contributed by atoms with van der Waals surface area (Å²) in [6.45, 7) is 0.287. The summed E-state index contributed by atoms with van der Waals surface area (Å²) in [6.07, 6.45) is 10.7. The van der Waals surface area contributed by atoms with E-state index in [1.54, 1.807) is 14.2 Å². The van der Waals surface area contributed by atoms with Crippen molar-refractivity contribution in [3.8, 4) is 11.5 Å². The Labute approximate surface area is 151 Å². The van der Waals surface area contributed by atoms with Gasteiger partial charge in [0.05, 0.1) is 19.9 Å². The second-order valence-electron chi connectivity index (χ2n) is 6.55. The number of benzene rings is 1. The van der Waals surface area contributed by atoms with E-state index < -0.39 is 0 Å². The van der Waals surface area contributed by atoms with Crippen LogP contribution in [0.1, 0.15) is 0 Å². The van der Waals surface area contributed by atoms with Crippen molar-refractivity contribution in [2.75, 3.05) is 28.1 Å². The molecule has 0 amide bonds. The van der Waals surface area contributed by atoms with E-state index in [0.717, 1.165) is 33.5 Å². The van der Waals surface area contributed by atoms with Gasteiger partial charge in [-0.05, 0) is 35.1 Å². The highest BCUT2D eigenvalue weighted by molar-refractivity contribution is 5.81. The van der Waals surface area contributed by atoms with Crippen LogP contribution in [0.25, 0.3) is 11.8 Å². The Kier molecular flexibility index (Phi) is 3.19. The maximum absolute atomic E-state index is 5.63. The van der Waals surface area contributed by atoms with E-state index in [4.69, 9.17) is 18.9 Å². The Balaban J connectivity index is 1.80. The second-order valence-corrected chi connectivity index (χ2v) is 6.55. The van der Waals surface area contributed by atoms with Gasteiger partial charge in [0.15, 0.2) is 23.0 Å². The zero-order valence-electron chi connectivity index (χ0n) is 14.9. The average Bonchev–Trinajstić information content (AvgIpc) is 3.12. The first-order valence-electron chi connectivity index (χ1n) is 8.53. The molecule has 0 bridgehead atoms. The first kappa shape index (κ1) is 15.2. The summed E-state index contributed by atoms with van der Waals surface area (Å²) < 4.78 is 22.2. The fourth-order valence-electron chi connectivity index (χ4n) is 4.03. The summed E-state index contributed by atoms with van der Waals surface area (Å²) in [7, 11) is 5.39. The van der Waals surface area contributed by atoms with Crippen molar-refractivity contribution in [1.82, 2.24) is 4.90 Å². The fourth-order valence-corrected chi connectivity index (χ4v) is 4.03. The summed E-state index contributed by atoms with van der Waals surface area (Å²) in [5.74, 6) is 3.31. The lowest BCUT2D eigenvalue weighted by Crippen LogP contribution is -2.38. The van der Waals surface area contributed by atoms with Crippen molar-refractivity contribution in [2.45, 2.75) is 0 Å². The number of rotatable bonds is 2. The SMILES string of the molecule is COc1ccc2c(c1OC)=CN(C)C1=C3C=C4OCOC4=CC3C=CC=21. The molecule has 5 heteroatoms. The number of hydrogen-bond donors (Lipinski definition) is 0.